The molecule has 0 saturated heterocycles. The third-order valence-electron chi connectivity index (χ3n) is 5.66. The average molecular weight is 576 g/mol. The molecule has 0 spiro atoms. The number of halogens is 3. The van der Waals surface area contributed by atoms with Crippen LogP contribution in [0.5, 0.6) is 28.7 Å². The summed E-state index contributed by atoms with van der Waals surface area (Å²) in [5.41, 5.74) is 8.71. The van der Waals surface area contributed by atoms with Crippen molar-refractivity contribution in [2.24, 2.45) is 5.73 Å². The first kappa shape index (κ1) is 23.5. The van der Waals surface area contributed by atoms with Gasteiger partial charge < -0.3 is 29.4 Å². The van der Waals surface area contributed by atoms with Gasteiger partial charge in [0.05, 0.1) is 27.5 Å². The summed E-state index contributed by atoms with van der Waals surface area (Å²) >= 11 is 15.7. The lowest BCUT2D eigenvalue weighted by molar-refractivity contribution is 0.174. The van der Waals surface area contributed by atoms with Crippen LogP contribution >= 0.6 is 39.1 Å². The Bertz CT molecular complexity index is 1420. The molecule has 3 aromatic rings. The summed E-state index contributed by atoms with van der Waals surface area (Å²) in [5, 5.41) is 10.8. The zero-order valence-corrected chi connectivity index (χ0v) is 21.3. The molecule has 0 fully saturated rings. The standard InChI is InChI=1S/C25H17BrCl2N2O5/c1-31-22-6-13(5-16(26)24(22)32-10-12-2-3-17(27)18(28)4-12)23-14-7-20-21(34-11-33-20)8-19(14)35-25(30)15(23)9-29/h2-8,23H,10-11,30H2,1H3/t23-/m0/s1. The van der Waals surface area contributed by atoms with Crippen molar-refractivity contribution in [3.8, 4) is 34.8 Å². The number of nitrogens with zero attached hydrogens (tertiary/aromatic N) is 1. The van der Waals surface area contributed by atoms with Gasteiger partial charge in [0.25, 0.3) is 0 Å². The lowest BCUT2D eigenvalue weighted by Crippen LogP contribution is -2.21. The molecule has 0 bridgehead atoms. The van der Waals surface area contributed by atoms with Crippen LogP contribution in [0, 0.1) is 11.3 Å². The molecule has 0 amide bonds. The van der Waals surface area contributed by atoms with E-state index < -0.39 is 5.92 Å². The van der Waals surface area contributed by atoms with Gasteiger partial charge in [0.1, 0.15) is 24.0 Å². The number of benzene rings is 3. The minimum atomic E-state index is -0.521. The van der Waals surface area contributed by atoms with Gasteiger partial charge in [-0.3, -0.25) is 0 Å². The van der Waals surface area contributed by atoms with Crippen molar-refractivity contribution in [3.63, 3.8) is 0 Å². The second kappa shape index (κ2) is 9.42. The van der Waals surface area contributed by atoms with Crippen molar-refractivity contribution in [1.82, 2.24) is 0 Å². The zero-order chi connectivity index (χ0) is 24.7. The number of allylic oxidation sites excluding steroid dienone is 1. The van der Waals surface area contributed by atoms with E-state index in [1.807, 2.05) is 18.2 Å². The van der Waals surface area contributed by atoms with E-state index in [0.29, 0.717) is 43.3 Å². The highest BCUT2D eigenvalue weighted by atomic mass is 79.9. The van der Waals surface area contributed by atoms with Crippen LogP contribution in [0.25, 0.3) is 0 Å². The van der Waals surface area contributed by atoms with E-state index in [9.17, 15) is 5.26 Å². The lowest BCUT2D eigenvalue weighted by atomic mass is 9.83. The maximum absolute atomic E-state index is 9.90. The molecule has 0 aromatic heterocycles. The Balaban J connectivity index is 1.54. The predicted molar refractivity (Wildman–Crippen MR) is 133 cm³/mol. The normalized spacial score (nSPS) is 15.8. The number of ether oxygens (including phenoxy) is 5. The maximum Gasteiger partial charge on any atom is 0.231 e. The number of nitrogens with two attached hydrogens (primary N) is 1. The molecule has 2 aliphatic heterocycles. The van der Waals surface area contributed by atoms with Crippen LogP contribution in [0.1, 0.15) is 22.6 Å². The van der Waals surface area contributed by atoms with Gasteiger partial charge in [-0.1, -0.05) is 29.3 Å². The zero-order valence-electron chi connectivity index (χ0n) is 18.2. The van der Waals surface area contributed by atoms with Crippen LogP contribution in [0.15, 0.2) is 58.4 Å². The van der Waals surface area contributed by atoms with Crippen molar-refractivity contribution in [3.05, 3.63) is 85.1 Å². The molecule has 7 nitrogen and oxygen atoms in total. The number of nitriles is 1. The van der Waals surface area contributed by atoms with Gasteiger partial charge in [0.15, 0.2) is 23.0 Å². The van der Waals surface area contributed by atoms with Gasteiger partial charge in [-0.2, -0.15) is 5.26 Å². The number of methoxy groups -OCH3 is 1. The van der Waals surface area contributed by atoms with Gasteiger partial charge in [-0.05, 0) is 57.4 Å². The summed E-state index contributed by atoms with van der Waals surface area (Å²) in [4.78, 5) is 0. The predicted octanol–water partition coefficient (Wildman–Crippen LogP) is 6.29. The number of fused-ring (bicyclic) bond motifs is 2. The summed E-state index contributed by atoms with van der Waals surface area (Å²) in [6.07, 6.45) is 0. The third kappa shape index (κ3) is 4.31. The smallest absolute Gasteiger partial charge is 0.231 e. The van der Waals surface area contributed by atoms with Crippen molar-refractivity contribution in [1.29, 1.82) is 5.26 Å². The van der Waals surface area contributed by atoms with E-state index in [-0.39, 0.29) is 24.9 Å². The Labute approximate surface area is 219 Å². The molecule has 0 unspecified atom stereocenters. The Morgan fingerprint density at radius 2 is 1.86 bits per heavy atom. The van der Waals surface area contributed by atoms with Gasteiger partial charge in [0.2, 0.25) is 12.7 Å². The number of rotatable bonds is 5. The van der Waals surface area contributed by atoms with Gasteiger partial charge >= 0.3 is 0 Å². The molecular formula is C25H17BrCl2N2O5. The second-order valence-electron chi connectivity index (χ2n) is 7.74. The summed E-state index contributed by atoms with van der Waals surface area (Å²) in [7, 11) is 1.54. The molecule has 5 rings (SSSR count). The lowest BCUT2D eigenvalue weighted by Gasteiger charge is -2.27. The van der Waals surface area contributed by atoms with Crippen molar-refractivity contribution in [2.45, 2.75) is 12.5 Å². The van der Waals surface area contributed by atoms with Crippen LogP contribution in [0.4, 0.5) is 0 Å². The van der Waals surface area contributed by atoms with Crippen LogP contribution < -0.4 is 29.4 Å². The van der Waals surface area contributed by atoms with E-state index in [2.05, 4.69) is 22.0 Å². The molecule has 0 radical (unpaired) electrons. The van der Waals surface area contributed by atoms with Gasteiger partial charge in [0, 0.05) is 11.6 Å². The molecule has 2 aliphatic rings. The van der Waals surface area contributed by atoms with Gasteiger partial charge in [-0.25, -0.2) is 0 Å². The summed E-state index contributed by atoms with van der Waals surface area (Å²) in [6, 6.07) is 14.7. The first-order valence-corrected chi connectivity index (χ1v) is 11.9. The highest BCUT2D eigenvalue weighted by Gasteiger charge is 2.34. The number of hydrogen-bond acceptors (Lipinski definition) is 7. The Hall–Kier alpha value is -3.25. The molecular weight excluding hydrogens is 559 g/mol. The maximum atomic E-state index is 9.90. The third-order valence-corrected chi connectivity index (χ3v) is 6.99. The van der Waals surface area contributed by atoms with Crippen molar-refractivity contribution < 1.29 is 23.7 Å². The fraction of sp³-hybridized carbons (Fsp3) is 0.160. The van der Waals surface area contributed by atoms with Crippen molar-refractivity contribution in [2.75, 3.05) is 13.9 Å². The quantitative estimate of drug-likeness (QED) is 0.382. The van der Waals surface area contributed by atoms with E-state index in [1.54, 1.807) is 31.4 Å². The summed E-state index contributed by atoms with van der Waals surface area (Å²) in [6.45, 7) is 0.353. The van der Waals surface area contributed by atoms with Crippen LogP contribution in [-0.4, -0.2) is 13.9 Å². The molecule has 2 heterocycles. The summed E-state index contributed by atoms with van der Waals surface area (Å²) < 4.78 is 29.1. The fourth-order valence-corrected chi connectivity index (χ4v) is 4.92. The highest BCUT2D eigenvalue weighted by Crippen LogP contribution is 2.50. The molecule has 10 heteroatoms. The Morgan fingerprint density at radius 3 is 2.57 bits per heavy atom. The average Bonchev–Trinajstić information content (AvgIpc) is 3.30. The molecule has 3 aromatic carbocycles. The minimum absolute atomic E-state index is 0.0268. The van der Waals surface area contributed by atoms with Crippen LogP contribution in [0.2, 0.25) is 10.0 Å². The Morgan fingerprint density at radius 1 is 1.09 bits per heavy atom. The summed E-state index contributed by atoms with van der Waals surface area (Å²) in [5.74, 6) is 2.09. The molecule has 0 saturated carbocycles. The largest absolute Gasteiger partial charge is 0.493 e. The van der Waals surface area contributed by atoms with Crippen LogP contribution in [0.3, 0.4) is 0 Å². The van der Waals surface area contributed by atoms with E-state index in [4.69, 9.17) is 52.6 Å². The molecule has 35 heavy (non-hydrogen) atoms. The number of hydrogen-bond donors (Lipinski definition) is 1. The minimum Gasteiger partial charge on any atom is -0.493 e. The van der Waals surface area contributed by atoms with Crippen LogP contribution in [-0.2, 0) is 6.61 Å². The highest BCUT2D eigenvalue weighted by molar-refractivity contribution is 9.10. The molecule has 178 valence electrons. The SMILES string of the molecule is COc1cc([C@@H]2C(C#N)=C(N)Oc3cc4c(cc32)OCO4)cc(Br)c1OCc1ccc(Cl)c(Cl)c1. The first-order chi connectivity index (χ1) is 16.9. The van der Waals surface area contributed by atoms with Gasteiger partial charge in [-0.15, -0.1) is 0 Å². The van der Waals surface area contributed by atoms with E-state index in [1.165, 1.54) is 0 Å². The van der Waals surface area contributed by atoms with Crippen molar-refractivity contribution >= 4 is 39.1 Å². The molecule has 2 N–H and O–H groups in total. The van der Waals surface area contributed by atoms with E-state index in [0.717, 1.165) is 16.7 Å². The Kier molecular flexibility index (Phi) is 6.32. The topological polar surface area (TPSA) is 96.0 Å². The first-order valence-electron chi connectivity index (χ1n) is 10.3. The fourth-order valence-electron chi connectivity index (χ4n) is 4.02. The monoisotopic (exact) mass is 574 g/mol. The molecule has 0 aliphatic carbocycles. The molecule has 1 atom stereocenters. The van der Waals surface area contributed by atoms with E-state index >= 15 is 0 Å². The second-order valence-corrected chi connectivity index (χ2v) is 9.41.